The van der Waals surface area contributed by atoms with E-state index in [2.05, 4.69) is 40.7 Å². The van der Waals surface area contributed by atoms with Crippen molar-refractivity contribution in [1.82, 2.24) is 0 Å². The predicted molar refractivity (Wildman–Crippen MR) is 109 cm³/mol. The first-order valence-corrected chi connectivity index (χ1v) is 10.1. The summed E-state index contributed by atoms with van der Waals surface area (Å²) in [6.45, 7) is 10.6. The van der Waals surface area contributed by atoms with Crippen LogP contribution in [0.15, 0.2) is 17.7 Å². The molecule has 1 aromatic carbocycles. The minimum Gasteiger partial charge on any atom is -0.507 e. The topological polar surface area (TPSA) is 77.8 Å². The van der Waals surface area contributed by atoms with Crippen molar-refractivity contribution in [2.45, 2.75) is 79.1 Å². The second-order valence-corrected chi connectivity index (χ2v) is 8.61. The molecule has 0 spiro atoms. The number of carbonyl (C=O) groups is 1. The van der Waals surface area contributed by atoms with E-state index in [0.717, 1.165) is 32.1 Å². The third kappa shape index (κ3) is 4.15. The van der Waals surface area contributed by atoms with Crippen LogP contribution in [-0.4, -0.2) is 21.3 Å². The molecule has 0 fully saturated rings. The molecule has 0 aliphatic heterocycles. The van der Waals surface area contributed by atoms with Gasteiger partial charge < -0.3 is 15.3 Å². The van der Waals surface area contributed by atoms with Gasteiger partial charge in [-0.3, -0.25) is 0 Å². The summed E-state index contributed by atoms with van der Waals surface area (Å²) in [7, 11) is 0. The van der Waals surface area contributed by atoms with Crippen molar-refractivity contribution in [2.75, 3.05) is 0 Å². The summed E-state index contributed by atoms with van der Waals surface area (Å²) in [6, 6.07) is 1.56. The van der Waals surface area contributed by atoms with E-state index in [1.807, 2.05) is 0 Å². The van der Waals surface area contributed by atoms with E-state index in [0.29, 0.717) is 23.5 Å². The van der Waals surface area contributed by atoms with Crippen LogP contribution < -0.4 is 0 Å². The standard InChI is InChI=1S/C23H34O4/c1-6-7-8-9-16-13-18(24)20(21(25)19(16)22(26)27)17-12-15(4)10-11-23(17,5)14(2)3/h12-14,17,24-25H,6-11H2,1-5H3,(H,26,27)/t17-,23-/m0/s1. The summed E-state index contributed by atoms with van der Waals surface area (Å²) in [5.74, 6) is -1.29. The molecule has 1 aromatic rings. The van der Waals surface area contributed by atoms with Crippen LogP contribution in [0.1, 0.15) is 94.1 Å². The molecule has 2 rings (SSSR count). The summed E-state index contributed by atoms with van der Waals surface area (Å²) < 4.78 is 0. The Labute approximate surface area is 162 Å². The van der Waals surface area contributed by atoms with Crippen molar-refractivity contribution in [3.8, 4) is 11.5 Å². The maximum atomic E-state index is 11.9. The molecule has 0 bridgehead atoms. The fraction of sp³-hybridized carbons (Fsp3) is 0.609. The molecule has 0 aromatic heterocycles. The fourth-order valence-corrected chi connectivity index (χ4v) is 4.27. The molecule has 3 N–H and O–H groups in total. The van der Waals surface area contributed by atoms with Gasteiger partial charge in [-0.1, -0.05) is 52.2 Å². The number of hydrogen-bond donors (Lipinski definition) is 3. The van der Waals surface area contributed by atoms with Gasteiger partial charge in [0.1, 0.15) is 17.1 Å². The van der Waals surface area contributed by atoms with E-state index >= 15 is 0 Å². The maximum absolute atomic E-state index is 11.9. The van der Waals surface area contributed by atoms with Crippen molar-refractivity contribution in [1.29, 1.82) is 0 Å². The molecule has 27 heavy (non-hydrogen) atoms. The lowest BCUT2D eigenvalue weighted by Crippen LogP contribution is -2.33. The molecule has 4 heteroatoms. The van der Waals surface area contributed by atoms with Gasteiger partial charge in [0.05, 0.1) is 0 Å². The first-order valence-electron chi connectivity index (χ1n) is 10.1. The van der Waals surface area contributed by atoms with Gasteiger partial charge in [-0.15, -0.1) is 0 Å². The van der Waals surface area contributed by atoms with E-state index < -0.39 is 5.97 Å². The van der Waals surface area contributed by atoms with Crippen LogP contribution >= 0.6 is 0 Å². The van der Waals surface area contributed by atoms with Crippen molar-refractivity contribution in [3.05, 3.63) is 34.4 Å². The monoisotopic (exact) mass is 374 g/mol. The van der Waals surface area contributed by atoms with Crippen molar-refractivity contribution < 1.29 is 20.1 Å². The van der Waals surface area contributed by atoms with Gasteiger partial charge >= 0.3 is 5.97 Å². The molecule has 0 unspecified atom stereocenters. The van der Waals surface area contributed by atoms with Gasteiger partial charge in [0, 0.05) is 11.5 Å². The van der Waals surface area contributed by atoms with Crippen LogP contribution in [0, 0.1) is 11.3 Å². The Morgan fingerprint density at radius 3 is 2.52 bits per heavy atom. The molecule has 0 amide bonds. The molecule has 1 aliphatic rings. The molecule has 0 saturated carbocycles. The Kier molecular flexibility index (Phi) is 6.61. The number of carboxylic acids is 1. The Morgan fingerprint density at radius 2 is 1.96 bits per heavy atom. The van der Waals surface area contributed by atoms with E-state index in [9.17, 15) is 20.1 Å². The highest BCUT2D eigenvalue weighted by atomic mass is 16.4. The molecule has 0 radical (unpaired) electrons. The number of unbranched alkanes of at least 4 members (excludes halogenated alkanes) is 2. The minimum absolute atomic E-state index is 0.00632. The van der Waals surface area contributed by atoms with Gasteiger partial charge in [0.25, 0.3) is 0 Å². The highest BCUT2D eigenvalue weighted by Crippen LogP contribution is 2.55. The van der Waals surface area contributed by atoms with Gasteiger partial charge in [-0.05, 0) is 55.6 Å². The summed E-state index contributed by atoms with van der Waals surface area (Å²) in [4.78, 5) is 11.9. The largest absolute Gasteiger partial charge is 0.507 e. The lowest BCUT2D eigenvalue weighted by Gasteiger charge is -2.44. The number of allylic oxidation sites excluding steroid dienone is 2. The number of aryl methyl sites for hydroxylation is 1. The summed E-state index contributed by atoms with van der Waals surface area (Å²) in [5, 5.41) is 31.5. The molecular formula is C23H34O4. The van der Waals surface area contributed by atoms with Crippen LogP contribution in [0.5, 0.6) is 11.5 Å². The Balaban J connectivity index is 2.64. The van der Waals surface area contributed by atoms with Gasteiger partial charge in [0.15, 0.2) is 0 Å². The predicted octanol–water partition coefficient (Wildman–Crippen LogP) is 6.01. The second-order valence-electron chi connectivity index (χ2n) is 8.61. The molecule has 150 valence electrons. The number of aromatic hydroxyl groups is 2. The van der Waals surface area contributed by atoms with E-state index in [-0.39, 0.29) is 28.4 Å². The van der Waals surface area contributed by atoms with E-state index in [4.69, 9.17) is 0 Å². The number of hydrogen-bond acceptors (Lipinski definition) is 3. The fourth-order valence-electron chi connectivity index (χ4n) is 4.27. The molecule has 1 aliphatic carbocycles. The second kappa shape index (κ2) is 8.37. The zero-order chi connectivity index (χ0) is 20.4. The number of aromatic carboxylic acids is 1. The van der Waals surface area contributed by atoms with Crippen molar-refractivity contribution in [2.24, 2.45) is 11.3 Å². The zero-order valence-electron chi connectivity index (χ0n) is 17.3. The van der Waals surface area contributed by atoms with Gasteiger partial charge in [-0.2, -0.15) is 0 Å². The van der Waals surface area contributed by atoms with Crippen LogP contribution in [0.4, 0.5) is 0 Å². The maximum Gasteiger partial charge on any atom is 0.339 e. The van der Waals surface area contributed by atoms with E-state index in [1.165, 1.54) is 5.57 Å². The number of carboxylic acid groups (broad SMARTS) is 1. The molecular weight excluding hydrogens is 340 g/mol. The highest BCUT2D eigenvalue weighted by molar-refractivity contribution is 5.94. The Morgan fingerprint density at radius 1 is 1.30 bits per heavy atom. The lowest BCUT2D eigenvalue weighted by molar-refractivity contribution is 0.0691. The minimum atomic E-state index is -1.14. The quantitative estimate of drug-likeness (QED) is 0.403. The van der Waals surface area contributed by atoms with Crippen LogP contribution in [0.3, 0.4) is 0 Å². The number of rotatable bonds is 7. The Bertz CT molecular complexity index is 732. The average molecular weight is 375 g/mol. The summed E-state index contributed by atoms with van der Waals surface area (Å²) in [6.07, 6.45) is 7.40. The molecule has 4 nitrogen and oxygen atoms in total. The smallest absolute Gasteiger partial charge is 0.339 e. The third-order valence-electron chi connectivity index (χ3n) is 6.51. The molecule has 0 saturated heterocycles. The normalized spacial score (nSPS) is 22.7. The first-order chi connectivity index (χ1) is 12.6. The first kappa shape index (κ1) is 21.3. The molecule has 2 atom stereocenters. The van der Waals surface area contributed by atoms with Gasteiger partial charge in [0.2, 0.25) is 0 Å². The third-order valence-corrected chi connectivity index (χ3v) is 6.51. The summed E-state index contributed by atoms with van der Waals surface area (Å²) >= 11 is 0. The van der Waals surface area contributed by atoms with Crippen molar-refractivity contribution in [3.63, 3.8) is 0 Å². The van der Waals surface area contributed by atoms with Crippen LogP contribution in [0.2, 0.25) is 0 Å². The van der Waals surface area contributed by atoms with Gasteiger partial charge in [-0.25, -0.2) is 4.79 Å². The number of phenolic OH excluding ortho intramolecular Hbond substituents is 1. The molecule has 0 heterocycles. The van der Waals surface area contributed by atoms with E-state index in [1.54, 1.807) is 6.07 Å². The Hall–Kier alpha value is -1.97. The number of benzene rings is 1. The number of phenols is 2. The van der Waals surface area contributed by atoms with Crippen LogP contribution in [-0.2, 0) is 6.42 Å². The highest BCUT2D eigenvalue weighted by Gasteiger charge is 2.42. The zero-order valence-corrected chi connectivity index (χ0v) is 17.3. The van der Waals surface area contributed by atoms with Crippen LogP contribution in [0.25, 0.3) is 0 Å². The summed E-state index contributed by atoms with van der Waals surface area (Å²) in [5.41, 5.74) is 1.87. The SMILES string of the molecule is CCCCCc1cc(O)c([C@@H]2C=C(C)CC[C@@]2(C)C(C)C)c(O)c1C(=O)O. The van der Waals surface area contributed by atoms with Crippen molar-refractivity contribution >= 4 is 5.97 Å². The average Bonchev–Trinajstić information content (AvgIpc) is 2.57. The lowest BCUT2D eigenvalue weighted by atomic mass is 9.60.